The number of hydrogen-bond donors (Lipinski definition) is 3. The highest BCUT2D eigenvalue weighted by atomic mass is 127. The fourth-order valence-corrected chi connectivity index (χ4v) is 3.47. The molecule has 1 rings (SSSR count). The molecule has 0 saturated carbocycles. The van der Waals surface area contributed by atoms with Gasteiger partial charge in [-0.1, -0.05) is 30.3 Å². The zero-order chi connectivity index (χ0) is 18.0. The van der Waals surface area contributed by atoms with Gasteiger partial charge in [-0.15, -0.1) is 30.6 Å². The zero-order valence-electron chi connectivity index (χ0n) is 15.1. The Morgan fingerprint density at radius 2 is 1.80 bits per heavy atom. The number of sulfonamides is 1. The van der Waals surface area contributed by atoms with Crippen molar-refractivity contribution >= 4 is 40.0 Å². The summed E-state index contributed by atoms with van der Waals surface area (Å²) >= 11 is 0. The van der Waals surface area contributed by atoms with Crippen LogP contribution in [0.3, 0.4) is 0 Å². The van der Waals surface area contributed by atoms with E-state index in [9.17, 15) is 8.42 Å². The number of nitrogens with zero attached hydrogens (tertiary/aromatic N) is 1. The summed E-state index contributed by atoms with van der Waals surface area (Å²) in [7, 11) is -3.30. The van der Waals surface area contributed by atoms with E-state index < -0.39 is 10.0 Å². The Labute approximate surface area is 168 Å². The predicted octanol–water partition coefficient (Wildman–Crippen LogP) is 2.37. The summed E-state index contributed by atoms with van der Waals surface area (Å²) < 4.78 is 26.4. The zero-order valence-corrected chi connectivity index (χ0v) is 18.2. The minimum atomic E-state index is -3.30. The molecule has 0 atom stereocenters. The number of hydrogen-bond acceptors (Lipinski definition) is 3. The van der Waals surface area contributed by atoms with Gasteiger partial charge in [0.2, 0.25) is 10.0 Å². The topological polar surface area (TPSA) is 82.6 Å². The van der Waals surface area contributed by atoms with Gasteiger partial charge in [0.1, 0.15) is 0 Å². The van der Waals surface area contributed by atoms with Crippen molar-refractivity contribution in [1.82, 2.24) is 15.4 Å². The molecule has 0 radical (unpaired) electrons. The Morgan fingerprint density at radius 1 is 1.20 bits per heavy atom. The van der Waals surface area contributed by atoms with Gasteiger partial charge in [-0.05, 0) is 31.9 Å². The molecule has 0 saturated heterocycles. The van der Waals surface area contributed by atoms with E-state index in [1.807, 2.05) is 31.2 Å². The van der Waals surface area contributed by atoms with Gasteiger partial charge in [-0.3, -0.25) is 0 Å². The summed E-state index contributed by atoms with van der Waals surface area (Å²) in [6.45, 7) is 11.2. The molecule has 0 aliphatic carbocycles. The predicted molar refractivity (Wildman–Crippen MR) is 116 cm³/mol. The summed E-state index contributed by atoms with van der Waals surface area (Å²) in [6.07, 6.45) is 1.77. The molecule has 0 spiro atoms. The second kappa shape index (κ2) is 12.3. The quantitative estimate of drug-likeness (QED) is 0.219. The lowest BCUT2D eigenvalue weighted by Crippen LogP contribution is -2.37. The largest absolute Gasteiger partial charge is 0.357 e. The molecule has 6 nitrogen and oxygen atoms in total. The third-order valence-electron chi connectivity index (χ3n) is 2.97. The van der Waals surface area contributed by atoms with Crippen molar-refractivity contribution in [3.05, 3.63) is 48.0 Å². The van der Waals surface area contributed by atoms with Gasteiger partial charge in [0.25, 0.3) is 0 Å². The van der Waals surface area contributed by atoms with Crippen LogP contribution in [-0.2, 0) is 22.3 Å². The highest BCUT2D eigenvalue weighted by Crippen LogP contribution is 2.09. The van der Waals surface area contributed by atoms with Crippen molar-refractivity contribution in [2.24, 2.45) is 4.99 Å². The molecule has 0 fully saturated rings. The van der Waals surface area contributed by atoms with Crippen LogP contribution in [-0.4, -0.2) is 33.5 Å². The first-order chi connectivity index (χ1) is 11.4. The fourth-order valence-electron chi connectivity index (χ4n) is 2.04. The Kier molecular flexibility index (Phi) is 11.7. The molecule has 1 aromatic rings. The van der Waals surface area contributed by atoms with E-state index in [1.54, 1.807) is 19.9 Å². The second-order valence-corrected chi connectivity index (χ2v) is 7.47. The van der Waals surface area contributed by atoms with Crippen LogP contribution in [0.1, 0.15) is 31.9 Å². The first-order valence-electron chi connectivity index (χ1n) is 8.07. The van der Waals surface area contributed by atoms with Crippen molar-refractivity contribution in [1.29, 1.82) is 0 Å². The molecule has 0 aromatic heterocycles. The standard InChI is InChI=1S/C17H28N4O2S.HI/c1-5-11-19-17(18-6-2)20-12-15-7-9-16(10-8-15)13-24(22,23)21-14(3)4;/h5,7-10,14,21H,1,6,11-13H2,2-4H3,(H2,18,19,20);1H. The molecule has 0 amide bonds. The van der Waals surface area contributed by atoms with Crippen LogP contribution in [0.5, 0.6) is 0 Å². The summed E-state index contributed by atoms with van der Waals surface area (Å²) in [4.78, 5) is 4.48. The second-order valence-electron chi connectivity index (χ2n) is 5.71. The molecule has 0 aliphatic heterocycles. The molecular formula is C17H29IN4O2S. The molecule has 3 N–H and O–H groups in total. The van der Waals surface area contributed by atoms with E-state index in [-0.39, 0.29) is 35.8 Å². The van der Waals surface area contributed by atoms with Crippen molar-refractivity contribution in [2.45, 2.75) is 39.1 Å². The monoisotopic (exact) mass is 480 g/mol. The lowest BCUT2D eigenvalue weighted by molar-refractivity contribution is 0.569. The smallest absolute Gasteiger partial charge is 0.216 e. The first-order valence-corrected chi connectivity index (χ1v) is 9.72. The normalized spacial score (nSPS) is 11.8. The average molecular weight is 480 g/mol. The lowest BCUT2D eigenvalue weighted by atomic mass is 10.1. The maximum absolute atomic E-state index is 11.9. The minimum Gasteiger partial charge on any atom is -0.357 e. The van der Waals surface area contributed by atoms with Crippen molar-refractivity contribution in [2.75, 3.05) is 13.1 Å². The van der Waals surface area contributed by atoms with Gasteiger partial charge in [-0.25, -0.2) is 18.1 Å². The molecule has 0 aliphatic rings. The number of nitrogens with one attached hydrogen (secondary N) is 3. The lowest BCUT2D eigenvalue weighted by Gasteiger charge is -2.10. The number of aliphatic imine (C=N–C) groups is 1. The molecule has 0 bridgehead atoms. The van der Waals surface area contributed by atoms with Gasteiger partial charge in [0.15, 0.2) is 5.96 Å². The molecule has 1 aromatic carbocycles. The van der Waals surface area contributed by atoms with E-state index in [2.05, 4.69) is 26.9 Å². The highest BCUT2D eigenvalue weighted by molar-refractivity contribution is 14.0. The Balaban J connectivity index is 0.00000576. The Morgan fingerprint density at radius 3 is 2.32 bits per heavy atom. The summed E-state index contributed by atoms with van der Waals surface area (Å²) in [5.41, 5.74) is 1.77. The summed E-state index contributed by atoms with van der Waals surface area (Å²) in [5.74, 6) is 0.711. The van der Waals surface area contributed by atoms with Crippen LogP contribution in [0.2, 0.25) is 0 Å². The van der Waals surface area contributed by atoms with Crippen LogP contribution in [0.25, 0.3) is 0 Å². The Hall–Kier alpha value is -1.13. The van der Waals surface area contributed by atoms with E-state index >= 15 is 0 Å². The first kappa shape index (κ1) is 23.9. The van der Waals surface area contributed by atoms with E-state index in [0.717, 1.165) is 23.6 Å². The Bertz CT molecular complexity index is 643. The van der Waals surface area contributed by atoms with Crippen LogP contribution in [0, 0.1) is 0 Å². The number of rotatable bonds is 9. The minimum absolute atomic E-state index is 0. The van der Waals surface area contributed by atoms with Gasteiger partial charge in [0, 0.05) is 19.1 Å². The van der Waals surface area contributed by atoms with Gasteiger partial charge >= 0.3 is 0 Å². The van der Waals surface area contributed by atoms with E-state index in [1.165, 1.54) is 0 Å². The van der Waals surface area contributed by atoms with Crippen LogP contribution < -0.4 is 15.4 Å². The third kappa shape index (κ3) is 10.5. The molecule has 0 unspecified atom stereocenters. The van der Waals surface area contributed by atoms with Crippen molar-refractivity contribution in [3.8, 4) is 0 Å². The summed E-state index contributed by atoms with van der Waals surface area (Å²) in [6, 6.07) is 7.36. The van der Waals surface area contributed by atoms with Gasteiger partial charge in [0.05, 0.1) is 12.3 Å². The fraction of sp³-hybridized carbons (Fsp3) is 0.471. The van der Waals surface area contributed by atoms with Crippen molar-refractivity contribution in [3.63, 3.8) is 0 Å². The molecule has 8 heteroatoms. The van der Waals surface area contributed by atoms with E-state index in [0.29, 0.717) is 13.1 Å². The van der Waals surface area contributed by atoms with Gasteiger partial charge < -0.3 is 10.6 Å². The van der Waals surface area contributed by atoms with Crippen LogP contribution in [0.4, 0.5) is 0 Å². The highest BCUT2D eigenvalue weighted by Gasteiger charge is 2.12. The maximum atomic E-state index is 11.9. The van der Waals surface area contributed by atoms with Crippen molar-refractivity contribution < 1.29 is 8.42 Å². The van der Waals surface area contributed by atoms with Crippen LogP contribution >= 0.6 is 24.0 Å². The number of benzene rings is 1. The van der Waals surface area contributed by atoms with E-state index in [4.69, 9.17) is 0 Å². The molecule has 25 heavy (non-hydrogen) atoms. The molecular weight excluding hydrogens is 451 g/mol. The van der Waals surface area contributed by atoms with Crippen LogP contribution in [0.15, 0.2) is 41.9 Å². The maximum Gasteiger partial charge on any atom is 0.216 e. The SMILES string of the molecule is C=CCNC(=NCc1ccc(CS(=O)(=O)NC(C)C)cc1)NCC.I. The number of guanidine groups is 1. The number of halogens is 1. The summed E-state index contributed by atoms with van der Waals surface area (Å²) in [5, 5.41) is 6.29. The third-order valence-corrected chi connectivity index (χ3v) is 4.52. The average Bonchev–Trinajstić information content (AvgIpc) is 2.49. The molecule has 142 valence electrons. The molecule has 0 heterocycles. The van der Waals surface area contributed by atoms with Gasteiger partial charge in [-0.2, -0.15) is 0 Å².